The maximum absolute atomic E-state index is 13.7. The van der Waals surface area contributed by atoms with Crippen LogP contribution in [0.25, 0.3) is 11.0 Å². The van der Waals surface area contributed by atoms with E-state index in [0.29, 0.717) is 17.6 Å². The first-order chi connectivity index (χ1) is 12.9. The second kappa shape index (κ2) is 6.83. The lowest BCUT2D eigenvalue weighted by Crippen LogP contribution is -2.31. The zero-order chi connectivity index (χ0) is 19.3. The van der Waals surface area contributed by atoms with Gasteiger partial charge in [-0.1, -0.05) is 17.7 Å². The van der Waals surface area contributed by atoms with Crippen LogP contribution in [0.3, 0.4) is 0 Å². The molecule has 2 heterocycles. The van der Waals surface area contributed by atoms with Gasteiger partial charge < -0.3 is 19.9 Å². The first-order valence-electron chi connectivity index (χ1n) is 8.65. The molecule has 142 valence electrons. The summed E-state index contributed by atoms with van der Waals surface area (Å²) in [6.07, 6.45) is 0.167. The van der Waals surface area contributed by atoms with Crippen LogP contribution in [0, 0.1) is 18.7 Å². The van der Waals surface area contributed by atoms with Crippen molar-refractivity contribution in [1.29, 1.82) is 0 Å². The van der Waals surface area contributed by atoms with Crippen LogP contribution >= 0.6 is 11.6 Å². The molecule has 1 aliphatic carbocycles. The summed E-state index contributed by atoms with van der Waals surface area (Å²) in [5, 5.41) is 32.6. The van der Waals surface area contributed by atoms with Gasteiger partial charge in [0.25, 0.3) is 0 Å². The van der Waals surface area contributed by atoms with E-state index in [4.69, 9.17) is 11.6 Å². The molecule has 6 nitrogen and oxygen atoms in total. The Hall–Kier alpha value is -2.06. The molecule has 4 rings (SSSR count). The highest BCUT2D eigenvalue weighted by Gasteiger charge is 2.46. The van der Waals surface area contributed by atoms with Gasteiger partial charge in [-0.25, -0.2) is 14.4 Å². The number of aliphatic hydroxyl groups is 3. The highest BCUT2D eigenvalue weighted by Crippen LogP contribution is 2.43. The number of benzene rings is 1. The fourth-order valence-corrected chi connectivity index (χ4v) is 4.06. The Balaban J connectivity index is 1.66. The van der Waals surface area contributed by atoms with E-state index in [1.807, 2.05) is 13.0 Å². The molecule has 1 aliphatic rings. The summed E-state index contributed by atoms with van der Waals surface area (Å²) in [4.78, 5) is 8.44. The van der Waals surface area contributed by atoms with Crippen LogP contribution in [0.15, 0.2) is 36.8 Å². The highest BCUT2D eigenvalue weighted by molar-refractivity contribution is 6.30. The van der Waals surface area contributed by atoms with Crippen LogP contribution in [0.1, 0.15) is 29.8 Å². The number of fused-ring (bicyclic) bond motifs is 1. The normalized spacial score (nSPS) is 26.6. The molecule has 0 spiro atoms. The number of rotatable bonds is 3. The van der Waals surface area contributed by atoms with Gasteiger partial charge in [-0.15, -0.1) is 0 Å². The summed E-state index contributed by atoms with van der Waals surface area (Å²) >= 11 is 5.69. The Bertz CT molecular complexity index is 995. The van der Waals surface area contributed by atoms with E-state index in [1.165, 1.54) is 18.5 Å². The number of halogens is 2. The molecule has 5 atom stereocenters. The van der Waals surface area contributed by atoms with Crippen molar-refractivity contribution in [2.45, 2.75) is 37.7 Å². The number of hydrogen-bond donors (Lipinski definition) is 3. The van der Waals surface area contributed by atoms with Crippen molar-refractivity contribution in [2.75, 3.05) is 0 Å². The third kappa shape index (κ3) is 3.00. The van der Waals surface area contributed by atoms with Crippen molar-refractivity contribution in [1.82, 2.24) is 14.5 Å². The SMILES string of the molecule is Cc1ncnc2c1ccn2C1CC(C(O)c2ccc(Cl)c(F)c2)[C@@H](O)[C@H]1O. The lowest BCUT2D eigenvalue weighted by molar-refractivity contribution is -0.0265. The number of nitrogens with zero attached hydrogens (tertiary/aromatic N) is 3. The molecule has 0 aliphatic heterocycles. The van der Waals surface area contributed by atoms with Crippen LogP contribution < -0.4 is 0 Å². The third-order valence-electron chi connectivity index (χ3n) is 5.45. The third-order valence-corrected chi connectivity index (χ3v) is 5.76. The number of aromatic nitrogens is 3. The molecule has 3 unspecified atom stereocenters. The summed E-state index contributed by atoms with van der Waals surface area (Å²) < 4.78 is 15.5. The van der Waals surface area contributed by atoms with Crippen LogP contribution in [0.5, 0.6) is 0 Å². The lowest BCUT2D eigenvalue weighted by Gasteiger charge is -2.22. The second-order valence-corrected chi connectivity index (χ2v) is 7.39. The number of aliphatic hydroxyl groups excluding tert-OH is 3. The Morgan fingerprint density at radius 2 is 2.00 bits per heavy atom. The largest absolute Gasteiger partial charge is 0.390 e. The summed E-state index contributed by atoms with van der Waals surface area (Å²) in [6, 6.07) is 5.43. The van der Waals surface area contributed by atoms with Crippen LogP contribution in [-0.2, 0) is 0 Å². The monoisotopic (exact) mass is 391 g/mol. The molecule has 27 heavy (non-hydrogen) atoms. The first-order valence-corrected chi connectivity index (χ1v) is 9.03. The second-order valence-electron chi connectivity index (χ2n) is 6.99. The minimum Gasteiger partial charge on any atom is -0.390 e. The fourth-order valence-electron chi connectivity index (χ4n) is 3.94. The van der Waals surface area contributed by atoms with Crippen molar-refractivity contribution in [3.8, 4) is 0 Å². The van der Waals surface area contributed by atoms with E-state index in [-0.39, 0.29) is 5.02 Å². The Kier molecular flexibility index (Phi) is 4.63. The van der Waals surface area contributed by atoms with Gasteiger partial charge >= 0.3 is 0 Å². The molecule has 0 saturated heterocycles. The predicted molar refractivity (Wildman–Crippen MR) is 97.8 cm³/mol. The van der Waals surface area contributed by atoms with Gasteiger partial charge in [0.05, 0.1) is 29.0 Å². The quantitative estimate of drug-likeness (QED) is 0.638. The zero-order valence-electron chi connectivity index (χ0n) is 14.5. The molecule has 0 amide bonds. The van der Waals surface area contributed by atoms with Gasteiger partial charge in [-0.05, 0) is 37.1 Å². The Labute approximate surface area is 159 Å². The van der Waals surface area contributed by atoms with E-state index in [2.05, 4.69) is 9.97 Å². The summed E-state index contributed by atoms with van der Waals surface area (Å²) in [7, 11) is 0. The first kappa shape index (κ1) is 18.3. The molecule has 0 radical (unpaired) electrons. The molecular formula is C19H19ClFN3O3. The number of hydrogen-bond acceptors (Lipinski definition) is 5. The topological polar surface area (TPSA) is 91.4 Å². The maximum Gasteiger partial charge on any atom is 0.143 e. The maximum atomic E-state index is 13.7. The van der Waals surface area contributed by atoms with Gasteiger partial charge in [0.1, 0.15) is 23.9 Å². The predicted octanol–water partition coefficient (Wildman–Crippen LogP) is 2.55. The van der Waals surface area contributed by atoms with E-state index in [1.54, 1.807) is 10.8 Å². The van der Waals surface area contributed by atoms with Gasteiger partial charge in [-0.3, -0.25) is 0 Å². The van der Waals surface area contributed by atoms with Crippen LogP contribution in [0.2, 0.25) is 5.02 Å². The summed E-state index contributed by atoms with van der Waals surface area (Å²) in [5.41, 5.74) is 1.79. The minimum absolute atomic E-state index is 0.0373. The van der Waals surface area contributed by atoms with Crippen molar-refractivity contribution < 1.29 is 19.7 Å². The van der Waals surface area contributed by atoms with Gasteiger partial charge in [0.15, 0.2) is 0 Å². The highest BCUT2D eigenvalue weighted by atomic mass is 35.5. The van der Waals surface area contributed by atoms with Gasteiger partial charge in [-0.2, -0.15) is 0 Å². The van der Waals surface area contributed by atoms with E-state index < -0.39 is 36.1 Å². The molecule has 1 fully saturated rings. The molecule has 3 aromatic rings. The molecular weight excluding hydrogens is 373 g/mol. The summed E-state index contributed by atoms with van der Waals surface area (Å²) in [5.74, 6) is -1.30. The molecule has 3 N–H and O–H groups in total. The van der Waals surface area contributed by atoms with Gasteiger partial charge in [0.2, 0.25) is 0 Å². The Morgan fingerprint density at radius 1 is 1.22 bits per heavy atom. The molecule has 0 bridgehead atoms. The van der Waals surface area contributed by atoms with E-state index >= 15 is 0 Å². The minimum atomic E-state index is -1.16. The van der Waals surface area contributed by atoms with Gasteiger partial charge in [0, 0.05) is 17.5 Å². The fraction of sp³-hybridized carbons (Fsp3) is 0.368. The molecule has 8 heteroatoms. The average molecular weight is 392 g/mol. The van der Waals surface area contributed by atoms with Crippen molar-refractivity contribution >= 4 is 22.6 Å². The van der Waals surface area contributed by atoms with Crippen molar-refractivity contribution in [3.63, 3.8) is 0 Å². The average Bonchev–Trinajstić information content (AvgIpc) is 3.20. The van der Waals surface area contributed by atoms with Crippen LogP contribution in [0.4, 0.5) is 4.39 Å². The number of aryl methyl sites for hydroxylation is 1. The molecule has 1 saturated carbocycles. The zero-order valence-corrected chi connectivity index (χ0v) is 15.3. The molecule has 2 aromatic heterocycles. The van der Waals surface area contributed by atoms with Crippen molar-refractivity contribution in [3.05, 3.63) is 58.9 Å². The lowest BCUT2D eigenvalue weighted by atomic mass is 9.92. The standard InChI is InChI=1S/C19H19ClFN3O3/c1-9-11-4-5-24(19(11)23-8-22-9)15-7-12(17(26)18(15)27)16(25)10-2-3-13(20)14(21)6-10/h2-6,8,12,15-18,25-27H,7H2,1H3/t12?,15?,16?,17-,18+/m1/s1. The van der Waals surface area contributed by atoms with E-state index in [9.17, 15) is 19.7 Å². The Morgan fingerprint density at radius 3 is 2.74 bits per heavy atom. The van der Waals surface area contributed by atoms with Crippen molar-refractivity contribution in [2.24, 2.45) is 5.92 Å². The smallest absolute Gasteiger partial charge is 0.143 e. The van der Waals surface area contributed by atoms with E-state index in [0.717, 1.165) is 17.1 Å². The summed E-state index contributed by atoms with van der Waals surface area (Å²) in [6.45, 7) is 1.87. The molecule has 1 aromatic carbocycles. The van der Waals surface area contributed by atoms with Crippen LogP contribution in [-0.4, -0.2) is 42.1 Å².